The Morgan fingerprint density at radius 3 is 2.47 bits per heavy atom. The number of hydrogen-bond donors (Lipinski definition) is 1. The number of rotatable bonds is 6. The lowest BCUT2D eigenvalue weighted by Crippen LogP contribution is -2.29. The maximum Gasteiger partial charge on any atom is 0.336 e. The first-order valence-electron chi connectivity index (χ1n) is 11.6. The zero-order valence-electron chi connectivity index (χ0n) is 19.7. The monoisotopic (exact) mass is 595 g/mol. The normalized spacial score (nSPS) is 16.4. The lowest BCUT2D eigenvalue weighted by Gasteiger charge is -2.29. The van der Waals surface area contributed by atoms with Gasteiger partial charge in [0.15, 0.2) is 5.78 Å². The van der Waals surface area contributed by atoms with Crippen molar-refractivity contribution in [1.82, 2.24) is 5.32 Å². The number of carbonyl (C=O) groups is 2. The second-order valence-corrected chi connectivity index (χ2v) is 9.75. The molecule has 0 spiro atoms. The van der Waals surface area contributed by atoms with E-state index in [2.05, 4.69) is 27.9 Å². The Labute approximate surface area is 222 Å². The van der Waals surface area contributed by atoms with Gasteiger partial charge in [0.25, 0.3) is 0 Å². The summed E-state index contributed by atoms with van der Waals surface area (Å²) in [6, 6.07) is 19.3. The lowest BCUT2D eigenvalue weighted by atomic mass is 9.80. The van der Waals surface area contributed by atoms with Crippen LogP contribution in [0.3, 0.4) is 0 Å². The summed E-state index contributed by atoms with van der Waals surface area (Å²) in [6.07, 6.45) is 0. The van der Waals surface area contributed by atoms with Crippen LogP contribution < -0.4 is 10.1 Å². The van der Waals surface area contributed by atoms with Gasteiger partial charge in [0.05, 0.1) is 21.4 Å². The second kappa shape index (κ2) is 9.89. The van der Waals surface area contributed by atoms with Crippen LogP contribution in [0.1, 0.15) is 46.8 Å². The molecule has 7 heteroatoms. The number of fused-ring (bicyclic) bond motifs is 2. The number of ether oxygens (including phenoxy) is 2. The standard InChI is InChI=1S/C29H23FINO4/c1-3-35-29(34)24-16(2)32-27-20-6-4-5-7-21(20)28(33)26(27)25(24)18-10-13-23(22(31)14-18)36-15-17-8-11-19(30)12-9-17/h4-14,25,32H,3,15H2,1-2H3/t25-/m0/s1. The average molecular weight is 595 g/mol. The van der Waals surface area contributed by atoms with Crippen LogP contribution in [0.5, 0.6) is 5.75 Å². The van der Waals surface area contributed by atoms with Gasteiger partial charge in [0, 0.05) is 28.3 Å². The van der Waals surface area contributed by atoms with E-state index in [1.54, 1.807) is 19.1 Å². The minimum atomic E-state index is -0.583. The number of allylic oxidation sites excluding steroid dienone is 2. The van der Waals surface area contributed by atoms with Crippen LogP contribution in [0.15, 0.2) is 83.6 Å². The molecule has 182 valence electrons. The quantitative estimate of drug-likeness (QED) is 0.274. The van der Waals surface area contributed by atoms with E-state index >= 15 is 0 Å². The molecule has 2 aliphatic rings. The van der Waals surface area contributed by atoms with Crippen LogP contribution in [-0.4, -0.2) is 18.4 Å². The molecule has 3 aromatic carbocycles. The summed E-state index contributed by atoms with van der Waals surface area (Å²) in [7, 11) is 0. The first-order chi connectivity index (χ1) is 17.4. The van der Waals surface area contributed by atoms with Crippen molar-refractivity contribution in [2.75, 3.05) is 6.61 Å². The average Bonchev–Trinajstić information content (AvgIpc) is 3.15. The largest absolute Gasteiger partial charge is 0.488 e. The number of nitrogens with one attached hydrogen (secondary N) is 1. The number of Topliss-reactive ketones (excluding diaryl/α,β-unsaturated/α-hetero) is 1. The highest BCUT2D eigenvalue weighted by atomic mass is 127. The van der Waals surface area contributed by atoms with Gasteiger partial charge >= 0.3 is 5.97 Å². The van der Waals surface area contributed by atoms with Crippen LogP contribution >= 0.6 is 22.6 Å². The third-order valence-corrected chi connectivity index (χ3v) is 7.18. The molecule has 0 unspecified atom stereocenters. The van der Waals surface area contributed by atoms with Crippen LogP contribution in [0, 0.1) is 9.39 Å². The number of benzene rings is 3. The predicted octanol–water partition coefficient (Wildman–Crippen LogP) is 6.14. The van der Waals surface area contributed by atoms with Crippen molar-refractivity contribution in [2.24, 2.45) is 0 Å². The van der Waals surface area contributed by atoms with E-state index in [1.165, 1.54) is 12.1 Å². The van der Waals surface area contributed by atoms with Gasteiger partial charge in [-0.15, -0.1) is 0 Å². The molecule has 0 saturated carbocycles. The molecular weight excluding hydrogens is 572 g/mol. The number of esters is 1. The molecule has 1 aliphatic carbocycles. The molecule has 1 atom stereocenters. The maximum atomic E-state index is 13.6. The summed E-state index contributed by atoms with van der Waals surface area (Å²) < 4.78 is 25.4. The van der Waals surface area contributed by atoms with Gasteiger partial charge in [-0.05, 0) is 71.8 Å². The van der Waals surface area contributed by atoms with Crippen LogP contribution in [0.25, 0.3) is 5.70 Å². The third kappa shape index (κ3) is 4.32. The number of carbonyl (C=O) groups excluding carboxylic acids is 2. The fourth-order valence-corrected chi connectivity index (χ4v) is 5.39. The Morgan fingerprint density at radius 2 is 1.78 bits per heavy atom. The topological polar surface area (TPSA) is 64.6 Å². The van der Waals surface area contributed by atoms with E-state index in [0.29, 0.717) is 34.8 Å². The molecule has 0 amide bonds. The number of halogens is 2. The smallest absolute Gasteiger partial charge is 0.336 e. The van der Waals surface area contributed by atoms with Crippen molar-refractivity contribution in [3.05, 3.63) is 115 Å². The second-order valence-electron chi connectivity index (χ2n) is 8.59. The highest BCUT2D eigenvalue weighted by Crippen LogP contribution is 2.47. The molecule has 0 fully saturated rings. The molecule has 1 aliphatic heterocycles. The molecule has 5 nitrogen and oxygen atoms in total. The van der Waals surface area contributed by atoms with E-state index in [-0.39, 0.29) is 18.2 Å². The number of hydrogen-bond acceptors (Lipinski definition) is 5. The number of ketones is 1. The Bertz CT molecular complexity index is 1440. The zero-order chi connectivity index (χ0) is 25.4. The summed E-state index contributed by atoms with van der Waals surface area (Å²) in [5, 5.41) is 3.31. The minimum absolute atomic E-state index is 0.0981. The van der Waals surface area contributed by atoms with Gasteiger partial charge in [-0.3, -0.25) is 4.79 Å². The van der Waals surface area contributed by atoms with Gasteiger partial charge in [0.2, 0.25) is 0 Å². The van der Waals surface area contributed by atoms with Gasteiger partial charge < -0.3 is 14.8 Å². The molecule has 5 rings (SSSR count). The molecule has 1 N–H and O–H groups in total. The maximum absolute atomic E-state index is 13.6. The Morgan fingerprint density at radius 1 is 1.06 bits per heavy atom. The van der Waals surface area contributed by atoms with Gasteiger partial charge in [-0.25, -0.2) is 9.18 Å². The summed E-state index contributed by atoms with van der Waals surface area (Å²) in [5.41, 5.74) is 5.46. The van der Waals surface area contributed by atoms with Crippen molar-refractivity contribution in [3.63, 3.8) is 0 Å². The molecule has 0 bridgehead atoms. The molecule has 1 heterocycles. The first kappa shape index (κ1) is 24.2. The van der Waals surface area contributed by atoms with Crippen molar-refractivity contribution in [3.8, 4) is 5.75 Å². The summed E-state index contributed by atoms with van der Waals surface area (Å²) in [5.74, 6) is -0.766. The van der Waals surface area contributed by atoms with E-state index in [4.69, 9.17) is 9.47 Å². The highest BCUT2D eigenvalue weighted by Gasteiger charge is 2.43. The lowest BCUT2D eigenvalue weighted by molar-refractivity contribution is -0.138. The highest BCUT2D eigenvalue weighted by molar-refractivity contribution is 14.1. The van der Waals surface area contributed by atoms with E-state index < -0.39 is 11.9 Å². The van der Waals surface area contributed by atoms with Crippen molar-refractivity contribution >= 4 is 40.0 Å². The van der Waals surface area contributed by atoms with Gasteiger partial charge in [-0.1, -0.05) is 42.5 Å². The van der Waals surface area contributed by atoms with E-state index in [9.17, 15) is 14.0 Å². The van der Waals surface area contributed by atoms with Gasteiger partial charge in [-0.2, -0.15) is 0 Å². The Kier molecular flexibility index (Phi) is 6.66. The summed E-state index contributed by atoms with van der Waals surface area (Å²) in [4.78, 5) is 26.6. The van der Waals surface area contributed by atoms with Crippen molar-refractivity contribution in [1.29, 1.82) is 0 Å². The minimum Gasteiger partial charge on any atom is -0.488 e. The fourth-order valence-electron chi connectivity index (χ4n) is 4.70. The summed E-state index contributed by atoms with van der Waals surface area (Å²) in [6.45, 7) is 4.12. The number of dihydropyridines is 1. The molecule has 0 saturated heterocycles. The first-order valence-corrected chi connectivity index (χ1v) is 12.7. The SMILES string of the molecule is CCOC(=O)C1=C(C)NC2=C(C(=O)c3ccccc32)[C@H]1c1ccc(OCc2ccc(F)cc2)c(I)c1. The third-order valence-electron chi connectivity index (χ3n) is 6.34. The summed E-state index contributed by atoms with van der Waals surface area (Å²) >= 11 is 2.19. The predicted molar refractivity (Wildman–Crippen MR) is 143 cm³/mol. The van der Waals surface area contributed by atoms with Crippen molar-refractivity contribution < 1.29 is 23.5 Å². The molecular formula is C29H23FINO4. The fraction of sp³-hybridized carbons (Fsp3) is 0.172. The van der Waals surface area contributed by atoms with Crippen molar-refractivity contribution in [2.45, 2.75) is 26.4 Å². The molecule has 36 heavy (non-hydrogen) atoms. The van der Waals surface area contributed by atoms with Crippen LogP contribution in [0.2, 0.25) is 0 Å². The van der Waals surface area contributed by atoms with Crippen LogP contribution in [-0.2, 0) is 16.1 Å². The van der Waals surface area contributed by atoms with Crippen LogP contribution in [0.4, 0.5) is 4.39 Å². The van der Waals surface area contributed by atoms with Gasteiger partial charge in [0.1, 0.15) is 18.2 Å². The molecule has 0 aromatic heterocycles. The molecule has 3 aromatic rings. The van der Waals surface area contributed by atoms with E-state index in [1.807, 2.05) is 49.4 Å². The van der Waals surface area contributed by atoms with E-state index in [0.717, 1.165) is 26.0 Å². The Hall–Kier alpha value is -3.46. The zero-order valence-corrected chi connectivity index (χ0v) is 21.9. The molecule has 0 radical (unpaired) electrons. The Balaban J connectivity index is 1.53.